The lowest BCUT2D eigenvalue weighted by Gasteiger charge is -2.22. The van der Waals surface area contributed by atoms with Crippen LogP contribution in [0.3, 0.4) is 0 Å². The third-order valence-electron chi connectivity index (χ3n) is 2.95. The monoisotopic (exact) mass is 251 g/mol. The number of benzene rings is 1. The molecular weight excluding hydrogens is 230 g/mol. The molecule has 0 aromatic heterocycles. The van der Waals surface area contributed by atoms with Crippen molar-refractivity contribution in [2.75, 3.05) is 25.6 Å². The van der Waals surface area contributed by atoms with Gasteiger partial charge in [-0.3, -0.25) is 4.79 Å². The van der Waals surface area contributed by atoms with E-state index in [1.165, 1.54) is 5.56 Å². The number of carboxylic acid groups (broad SMARTS) is 1. The molecule has 18 heavy (non-hydrogen) atoms. The second-order valence-electron chi connectivity index (χ2n) is 4.28. The summed E-state index contributed by atoms with van der Waals surface area (Å²) in [5.74, 6) is 0.0719. The molecule has 4 nitrogen and oxygen atoms in total. The van der Waals surface area contributed by atoms with E-state index in [1.807, 2.05) is 24.1 Å². The predicted molar refractivity (Wildman–Crippen MR) is 72.5 cm³/mol. The first kappa shape index (κ1) is 14.4. The largest absolute Gasteiger partial charge is 0.495 e. The number of anilines is 1. The topological polar surface area (TPSA) is 49.8 Å². The molecule has 0 aliphatic rings. The van der Waals surface area contributed by atoms with Gasteiger partial charge in [-0.2, -0.15) is 0 Å². The molecule has 0 atom stereocenters. The number of ether oxygens (including phenoxy) is 1. The molecule has 100 valence electrons. The van der Waals surface area contributed by atoms with E-state index in [4.69, 9.17) is 9.84 Å². The Kier molecular flexibility index (Phi) is 5.49. The summed E-state index contributed by atoms with van der Waals surface area (Å²) < 4.78 is 5.34. The molecule has 1 N–H and O–H groups in total. The minimum Gasteiger partial charge on any atom is -0.495 e. The molecule has 0 unspecified atom stereocenters. The number of nitrogens with zero attached hydrogens (tertiary/aromatic N) is 1. The summed E-state index contributed by atoms with van der Waals surface area (Å²) >= 11 is 0. The Balaban J connectivity index is 2.75. The fourth-order valence-electron chi connectivity index (χ4n) is 1.84. The molecule has 0 aliphatic carbocycles. The average molecular weight is 251 g/mol. The van der Waals surface area contributed by atoms with Gasteiger partial charge in [-0.1, -0.05) is 13.0 Å². The SMILES string of the molecule is CCc1ccc(OC)c(N(C)CCCC(=O)O)c1. The number of aryl methyl sites for hydroxylation is 1. The Morgan fingerprint density at radius 2 is 2.17 bits per heavy atom. The van der Waals surface area contributed by atoms with E-state index in [2.05, 4.69) is 13.0 Å². The van der Waals surface area contributed by atoms with Crippen LogP contribution in [0, 0.1) is 0 Å². The van der Waals surface area contributed by atoms with Crippen LogP contribution in [-0.4, -0.2) is 31.8 Å². The summed E-state index contributed by atoms with van der Waals surface area (Å²) in [6.07, 6.45) is 1.80. The van der Waals surface area contributed by atoms with Crippen LogP contribution in [0.15, 0.2) is 18.2 Å². The lowest BCUT2D eigenvalue weighted by Crippen LogP contribution is -2.20. The molecule has 0 saturated carbocycles. The van der Waals surface area contributed by atoms with Gasteiger partial charge < -0.3 is 14.7 Å². The third kappa shape index (κ3) is 3.95. The van der Waals surface area contributed by atoms with Crippen LogP contribution in [0.1, 0.15) is 25.3 Å². The van der Waals surface area contributed by atoms with Gasteiger partial charge in [0.15, 0.2) is 0 Å². The van der Waals surface area contributed by atoms with Crippen molar-refractivity contribution < 1.29 is 14.6 Å². The number of carboxylic acids is 1. The van der Waals surface area contributed by atoms with Gasteiger partial charge >= 0.3 is 5.97 Å². The summed E-state index contributed by atoms with van der Waals surface area (Å²) in [5.41, 5.74) is 2.26. The first-order valence-electron chi connectivity index (χ1n) is 6.18. The van der Waals surface area contributed by atoms with Crippen molar-refractivity contribution >= 4 is 11.7 Å². The molecule has 0 spiro atoms. The van der Waals surface area contributed by atoms with Crippen molar-refractivity contribution in [2.45, 2.75) is 26.2 Å². The van der Waals surface area contributed by atoms with E-state index in [1.54, 1.807) is 7.11 Å². The number of hydrogen-bond acceptors (Lipinski definition) is 3. The summed E-state index contributed by atoms with van der Waals surface area (Å²) in [7, 11) is 3.61. The number of aliphatic carboxylic acids is 1. The summed E-state index contributed by atoms with van der Waals surface area (Å²) in [4.78, 5) is 12.5. The number of rotatable bonds is 7. The van der Waals surface area contributed by atoms with Crippen molar-refractivity contribution in [1.82, 2.24) is 0 Å². The van der Waals surface area contributed by atoms with Crippen LogP contribution in [0.4, 0.5) is 5.69 Å². The maximum Gasteiger partial charge on any atom is 0.303 e. The van der Waals surface area contributed by atoms with Gasteiger partial charge in [0.05, 0.1) is 12.8 Å². The Morgan fingerprint density at radius 3 is 2.72 bits per heavy atom. The normalized spacial score (nSPS) is 10.2. The molecule has 0 saturated heterocycles. The number of methoxy groups -OCH3 is 1. The third-order valence-corrected chi connectivity index (χ3v) is 2.95. The molecule has 0 amide bonds. The van der Waals surface area contributed by atoms with Crippen molar-refractivity contribution in [2.24, 2.45) is 0 Å². The number of hydrogen-bond donors (Lipinski definition) is 1. The lowest BCUT2D eigenvalue weighted by atomic mass is 10.1. The van der Waals surface area contributed by atoms with Gasteiger partial charge in [-0.25, -0.2) is 0 Å². The maximum absolute atomic E-state index is 10.5. The van der Waals surface area contributed by atoms with Gasteiger partial charge in [-0.15, -0.1) is 0 Å². The Bertz CT molecular complexity index is 404. The summed E-state index contributed by atoms with van der Waals surface area (Å²) in [6, 6.07) is 6.11. The van der Waals surface area contributed by atoms with Crippen LogP contribution in [0.5, 0.6) is 5.75 Å². The van der Waals surface area contributed by atoms with Crippen LogP contribution in [-0.2, 0) is 11.2 Å². The van der Waals surface area contributed by atoms with Gasteiger partial charge in [-0.05, 0) is 30.5 Å². The minimum absolute atomic E-state index is 0.195. The van der Waals surface area contributed by atoms with Gasteiger partial charge in [0.2, 0.25) is 0 Å². The predicted octanol–water partition coefficient (Wildman–Crippen LogP) is 2.56. The van der Waals surface area contributed by atoms with Crippen LogP contribution < -0.4 is 9.64 Å². The van der Waals surface area contributed by atoms with E-state index >= 15 is 0 Å². The van der Waals surface area contributed by atoms with E-state index in [0.717, 1.165) is 17.9 Å². The smallest absolute Gasteiger partial charge is 0.303 e. The highest BCUT2D eigenvalue weighted by Crippen LogP contribution is 2.28. The summed E-state index contributed by atoms with van der Waals surface area (Å²) in [5, 5.41) is 8.64. The quantitative estimate of drug-likeness (QED) is 0.809. The van der Waals surface area contributed by atoms with Crippen molar-refractivity contribution in [3.8, 4) is 5.75 Å². The Labute approximate surface area is 108 Å². The number of carbonyl (C=O) groups is 1. The van der Waals surface area contributed by atoms with Crippen LogP contribution in [0.2, 0.25) is 0 Å². The first-order valence-corrected chi connectivity index (χ1v) is 6.18. The highest BCUT2D eigenvalue weighted by Gasteiger charge is 2.09. The molecule has 0 radical (unpaired) electrons. The van der Waals surface area contributed by atoms with E-state index in [9.17, 15) is 4.79 Å². The molecular formula is C14H21NO3. The zero-order valence-corrected chi connectivity index (χ0v) is 11.3. The van der Waals surface area contributed by atoms with Crippen molar-refractivity contribution in [3.05, 3.63) is 23.8 Å². The lowest BCUT2D eigenvalue weighted by molar-refractivity contribution is -0.137. The second kappa shape index (κ2) is 6.89. The highest BCUT2D eigenvalue weighted by atomic mass is 16.5. The van der Waals surface area contributed by atoms with E-state index < -0.39 is 5.97 Å². The minimum atomic E-state index is -0.752. The molecule has 0 heterocycles. The van der Waals surface area contributed by atoms with Crippen LogP contribution >= 0.6 is 0 Å². The zero-order valence-electron chi connectivity index (χ0n) is 11.3. The second-order valence-corrected chi connectivity index (χ2v) is 4.28. The molecule has 1 aromatic carbocycles. The zero-order chi connectivity index (χ0) is 13.5. The van der Waals surface area contributed by atoms with Crippen LogP contribution in [0.25, 0.3) is 0 Å². The summed E-state index contributed by atoms with van der Waals surface area (Å²) in [6.45, 7) is 2.81. The van der Waals surface area contributed by atoms with E-state index in [0.29, 0.717) is 13.0 Å². The van der Waals surface area contributed by atoms with Gasteiger partial charge in [0.25, 0.3) is 0 Å². The first-order chi connectivity index (χ1) is 8.58. The molecule has 1 aromatic rings. The maximum atomic E-state index is 10.5. The molecule has 0 aliphatic heterocycles. The van der Waals surface area contributed by atoms with Gasteiger partial charge in [0.1, 0.15) is 5.75 Å². The standard InChI is InChI=1S/C14H21NO3/c1-4-11-7-8-13(18-3)12(10-11)15(2)9-5-6-14(16)17/h7-8,10H,4-6,9H2,1-3H3,(H,16,17). The molecule has 0 bridgehead atoms. The molecule has 1 rings (SSSR count). The molecule has 4 heteroatoms. The molecule has 0 fully saturated rings. The fourth-order valence-corrected chi connectivity index (χ4v) is 1.84. The average Bonchev–Trinajstić information content (AvgIpc) is 2.37. The van der Waals surface area contributed by atoms with E-state index in [-0.39, 0.29) is 6.42 Å². The fraction of sp³-hybridized carbons (Fsp3) is 0.500. The van der Waals surface area contributed by atoms with Crippen molar-refractivity contribution in [3.63, 3.8) is 0 Å². The highest BCUT2D eigenvalue weighted by molar-refractivity contribution is 5.66. The Hall–Kier alpha value is -1.71. The Morgan fingerprint density at radius 1 is 1.44 bits per heavy atom. The van der Waals surface area contributed by atoms with Gasteiger partial charge in [0, 0.05) is 20.0 Å². The van der Waals surface area contributed by atoms with Crippen molar-refractivity contribution in [1.29, 1.82) is 0 Å².